The fourth-order valence-corrected chi connectivity index (χ4v) is 3.19. The van der Waals surface area contributed by atoms with Crippen molar-refractivity contribution in [2.75, 3.05) is 13.2 Å². The third-order valence-corrected chi connectivity index (χ3v) is 4.42. The molecule has 0 amide bonds. The van der Waals surface area contributed by atoms with Crippen LogP contribution in [-0.4, -0.2) is 33.0 Å². The highest BCUT2D eigenvalue weighted by Crippen LogP contribution is 2.30. The van der Waals surface area contributed by atoms with Crippen LogP contribution in [0.3, 0.4) is 0 Å². The summed E-state index contributed by atoms with van der Waals surface area (Å²) in [7, 11) is 0. The highest BCUT2D eigenvalue weighted by molar-refractivity contribution is 7.78. The van der Waals surface area contributed by atoms with E-state index in [0.717, 1.165) is 54.3 Å². The molecule has 1 saturated heterocycles. The lowest BCUT2D eigenvalue weighted by Crippen LogP contribution is -2.17. The van der Waals surface area contributed by atoms with Crippen LogP contribution in [0.25, 0.3) is 16.9 Å². The minimum Gasteiger partial charge on any atom is -0.381 e. The highest BCUT2D eigenvalue weighted by atomic mass is 32.1. The van der Waals surface area contributed by atoms with Crippen LogP contribution < -0.4 is 0 Å². The molecule has 24 heavy (non-hydrogen) atoms. The topological polar surface area (TPSA) is 51.8 Å². The zero-order chi connectivity index (χ0) is 16.4. The molecule has 4 rings (SSSR count). The van der Waals surface area contributed by atoms with Gasteiger partial charge in [-0.15, -0.1) is 5.10 Å². The van der Waals surface area contributed by atoms with Crippen LogP contribution in [0, 0.1) is 0 Å². The van der Waals surface area contributed by atoms with Crippen LogP contribution in [0.1, 0.15) is 24.5 Å². The van der Waals surface area contributed by atoms with E-state index in [9.17, 15) is 0 Å². The second kappa shape index (κ2) is 6.61. The number of isothiocyanates is 1. The van der Waals surface area contributed by atoms with Crippen molar-refractivity contribution in [2.24, 2.45) is 4.99 Å². The van der Waals surface area contributed by atoms with Gasteiger partial charge in [0, 0.05) is 30.9 Å². The van der Waals surface area contributed by atoms with E-state index in [1.165, 1.54) is 0 Å². The molecule has 3 aromatic rings. The molecule has 0 spiro atoms. The molecular formula is C18H16N4OS. The lowest BCUT2D eigenvalue weighted by atomic mass is 9.95. The van der Waals surface area contributed by atoms with E-state index in [-0.39, 0.29) is 0 Å². The first-order valence-corrected chi connectivity index (χ1v) is 8.37. The van der Waals surface area contributed by atoms with Gasteiger partial charge in [-0.3, -0.25) is 0 Å². The minimum atomic E-state index is 0.414. The van der Waals surface area contributed by atoms with Gasteiger partial charge in [0.25, 0.3) is 0 Å². The summed E-state index contributed by atoms with van der Waals surface area (Å²) in [5.41, 5.74) is 3.92. The summed E-state index contributed by atoms with van der Waals surface area (Å²) in [6.45, 7) is 1.59. The molecule has 1 aliphatic rings. The van der Waals surface area contributed by atoms with Crippen molar-refractivity contribution in [1.82, 2.24) is 14.6 Å². The summed E-state index contributed by atoms with van der Waals surface area (Å²) in [5.74, 6) is 1.13. The Morgan fingerprint density at radius 3 is 2.71 bits per heavy atom. The van der Waals surface area contributed by atoms with Crippen molar-refractivity contribution < 1.29 is 4.74 Å². The molecule has 0 N–H and O–H groups in total. The van der Waals surface area contributed by atoms with Crippen molar-refractivity contribution in [3.8, 4) is 11.4 Å². The average molecular weight is 336 g/mol. The average Bonchev–Trinajstić information content (AvgIpc) is 3.11. The third-order valence-electron chi connectivity index (χ3n) is 4.33. The van der Waals surface area contributed by atoms with E-state index in [2.05, 4.69) is 33.5 Å². The quantitative estimate of drug-likeness (QED) is 0.535. The van der Waals surface area contributed by atoms with Gasteiger partial charge in [0.1, 0.15) is 0 Å². The number of rotatable bonds is 3. The van der Waals surface area contributed by atoms with E-state index < -0.39 is 0 Å². The van der Waals surface area contributed by atoms with Crippen molar-refractivity contribution in [3.05, 3.63) is 48.3 Å². The van der Waals surface area contributed by atoms with Gasteiger partial charge in [0.05, 0.1) is 22.1 Å². The number of benzene rings is 1. The molecule has 0 bridgehead atoms. The van der Waals surface area contributed by atoms with Gasteiger partial charge in [-0.1, -0.05) is 0 Å². The van der Waals surface area contributed by atoms with Gasteiger partial charge >= 0.3 is 0 Å². The molecule has 120 valence electrons. The molecule has 1 fully saturated rings. The normalized spacial score (nSPS) is 15.3. The number of ether oxygens (including phenoxy) is 1. The molecule has 0 radical (unpaired) electrons. The van der Waals surface area contributed by atoms with Crippen LogP contribution >= 0.6 is 12.2 Å². The lowest BCUT2D eigenvalue weighted by Gasteiger charge is -2.22. The Morgan fingerprint density at radius 1 is 1.17 bits per heavy atom. The maximum absolute atomic E-state index is 5.49. The summed E-state index contributed by atoms with van der Waals surface area (Å²) < 4.78 is 7.40. The third kappa shape index (κ3) is 2.87. The first kappa shape index (κ1) is 15.1. The van der Waals surface area contributed by atoms with Gasteiger partial charge in [-0.2, -0.15) is 4.99 Å². The fourth-order valence-electron chi connectivity index (χ4n) is 3.09. The van der Waals surface area contributed by atoms with Gasteiger partial charge in [0.15, 0.2) is 5.82 Å². The van der Waals surface area contributed by atoms with Gasteiger partial charge in [0.2, 0.25) is 0 Å². The van der Waals surface area contributed by atoms with Gasteiger partial charge in [-0.05, 0) is 61.5 Å². The Hall–Kier alpha value is -2.40. The Kier molecular flexibility index (Phi) is 4.17. The molecule has 5 nitrogen and oxygen atoms in total. The Morgan fingerprint density at radius 2 is 1.96 bits per heavy atom. The number of hydrogen-bond donors (Lipinski definition) is 0. The van der Waals surface area contributed by atoms with Crippen LogP contribution in [0.2, 0.25) is 0 Å². The van der Waals surface area contributed by atoms with E-state index >= 15 is 0 Å². The molecule has 0 unspecified atom stereocenters. The number of thiocarbonyl (C=S) groups is 1. The summed E-state index contributed by atoms with van der Waals surface area (Å²) in [6.07, 6.45) is 3.97. The molecule has 1 aliphatic heterocycles. The SMILES string of the molecule is S=C=Nc1ccc(-c2nc(C3CCOCC3)c3cccn3n2)cc1. The molecule has 0 saturated carbocycles. The molecule has 0 aliphatic carbocycles. The first-order valence-electron chi connectivity index (χ1n) is 7.96. The number of hydrogen-bond acceptors (Lipinski definition) is 5. The fraction of sp³-hybridized carbons (Fsp3) is 0.278. The Balaban J connectivity index is 1.79. The van der Waals surface area contributed by atoms with Crippen LogP contribution in [0.15, 0.2) is 47.6 Å². The summed E-state index contributed by atoms with van der Waals surface area (Å²) >= 11 is 4.64. The highest BCUT2D eigenvalue weighted by Gasteiger charge is 2.21. The Bertz CT molecular complexity index is 906. The van der Waals surface area contributed by atoms with Crippen molar-refractivity contribution in [3.63, 3.8) is 0 Å². The van der Waals surface area contributed by atoms with Crippen LogP contribution in [0.4, 0.5) is 5.69 Å². The summed E-state index contributed by atoms with van der Waals surface area (Å²) in [4.78, 5) is 8.87. The second-order valence-electron chi connectivity index (χ2n) is 5.80. The van der Waals surface area contributed by atoms with E-state index in [4.69, 9.17) is 9.72 Å². The number of nitrogens with zero attached hydrogens (tertiary/aromatic N) is 4. The Labute approximate surface area is 145 Å². The smallest absolute Gasteiger partial charge is 0.180 e. The predicted octanol–water partition coefficient (Wildman–Crippen LogP) is 4.02. The van der Waals surface area contributed by atoms with Crippen LogP contribution in [-0.2, 0) is 4.74 Å². The van der Waals surface area contributed by atoms with E-state index in [0.29, 0.717) is 5.92 Å². The first-order chi connectivity index (χ1) is 11.8. The maximum Gasteiger partial charge on any atom is 0.180 e. The number of aromatic nitrogens is 3. The van der Waals surface area contributed by atoms with Crippen molar-refractivity contribution in [1.29, 1.82) is 0 Å². The zero-order valence-electron chi connectivity index (χ0n) is 13.1. The van der Waals surface area contributed by atoms with Gasteiger partial charge in [-0.25, -0.2) is 9.50 Å². The van der Waals surface area contributed by atoms with Gasteiger partial charge < -0.3 is 4.74 Å². The maximum atomic E-state index is 5.49. The molecule has 0 atom stereocenters. The zero-order valence-corrected chi connectivity index (χ0v) is 13.9. The number of fused-ring (bicyclic) bond motifs is 1. The molecule has 1 aromatic carbocycles. The molecular weight excluding hydrogens is 320 g/mol. The molecule has 6 heteroatoms. The monoisotopic (exact) mass is 336 g/mol. The van der Waals surface area contributed by atoms with Crippen LogP contribution in [0.5, 0.6) is 0 Å². The van der Waals surface area contributed by atoms with Crippen molar-refractivity contribution in [2.45, 2.75) is 18.8 Å². The van der Waals surface area contributed by atoms with E-state index in [1.54, 1.807) is 0 Å². The summed E-state index contributed by atoms with van der Waals surface area (Å²) in [5, 5.41) is 7.02. The summed E-state index contributed by atoms with van der Waals surface area (Å²) in [6, 6.07) is 11.8. The molecule has 3 heterocycles. The molecule has 2 aromatic heterocycles. The minimum absolute atomic E-state index is 0.414. The predicted molar refractivity (Wildman–Crippen MR) is 95.9 cm³/mol. The second-order valence-corrected chi connectivity index (χ2v) is 5.98. The lowest BCUT2D eigenvalue weighted by molar-refractivity contribution is 0.0847. The number of aliphatic imine (C=N–C) groups is 1. The van der Waals surface area contributed by atoms with E-state index in [1.807, 2.05) is 41.0 Å². The standard InChI is InChI=1S/C18H16N4OS/c24-12-19-15-5-3-14(4-6-15)18-20-17(13-7-10-23-11-8-13)16-2-1-9-22(16)21-18/h1-6,9,13H,7-8,10-11H2. The largest absolute Gasteiger partial charge is 0.381 e. The van der Waals surface area contributed by atoms with Crippen molar-refractivity contribution >= 4 is 28.6 Å².